The first kappa shape index (κ1) is 9.84. The molecule has 0 aromatic carbocycles. The van der Waals surface area contributed by atoms with Gasteiger partial charge in [0.1, 0.15) is 0 Å². The van der Waals surface area contributed by atoms with Crippen LogP contribution >= 0.6 is 0 Å². The minimum absolute atomic E-state index is 0.478. The van der Waals surface area contributed by atoms with E-state index in [0.29, 0.717) is 0 Å². The van der Waals surface area contributed by atoms with Crippen molar-refractivity contribution < 1.29 is 0 Å². The molecule has 1 aliphatic heterocycles. The molecular weight excluding hydrogens is 162 g/mol. The summed E-state index contributed by atoms with van der Waals surface area (Å²) < 4.78 is 0. The van der Waals surface area contributed by atoms with Crippen molar-refractivity contribution in [2.24, 2.45) is 0 Å². The van der Waals surface area contributed by atoms with Crippen LogP contribution in [-0.2, 0) is 0 Å². The Kier molecular flexibility index (Phi) is 4.44. The van der Waals surface area contributed by atoms with Gasteiger partial charge in [0, 0.05) is 13.1 Å². The van der Waals surface area contributed by atoms with Crippen LogP contribution in [0.15, 0.2) is 11.9 Å². The van der Waals surface area contributed by atoms with E-state index >= 15 is 0 Å². The minimum Gasteiger partial charge on any atom is -0.378 e. The summed E-state index contributed by atoms with van der Waals surface area (Å²) in [4.78, 5) is 2.50. The monoisotopic (exact) mass is 183 g/mol. The Morgan fingerprint density at radius 2 is 1.58 bits per heavy atom. The van der Waals surface area contributed by atoms with Gasteiger partial charge in [-0.1, -0.05) is 31.6 Å². The Hall–Kier alpha value is -0.243. The van der Waals surface area contributed by atoms with E-state index in [0.717, 1.165) is 0 Å². The molecule has 1 fully saturated rings. The lowest BCUT2D eigenvalue weighted by molar-refractivity contribution is 0.392. The number of rotatable bonds is 2. The predicted molar refractivity (Wildman–Crippen MR) is 58.1 cm³/mol. The highest BCUT2D eigenvalue weighted by Gasteiger charge is 2.03. The van der Waals surface area contributed by atoms with Crippen LogP contribution < -0.4 is 0 Å². The van der Waals surface area contributed by atoms with Gasteiger partial charge in [-0.3, -0.25) is 0 Å². The van der Waals surface area contributed by atoms with E-state index in [4.69, 9.17) is 0 Å². The van der Waals surface area contributed by atoms with Crippen molar-refractivity contribution >= 4 is 8.80 Å². The molecule has 0 bridgehead atoms. The third kappa shape index (κ3) is 3.95. The summed E-state index contributed by atoms with van der Waals surface area (Å²) in [6.07, 6.45) is 8.00. The molecule has 12 heavy (non-hydrogen) atoms. The van der Waals surface area contributed by atoms with Crippen molar-refractivity contribution in [1.29, 1.82) is 0 Å². The van der Waals surface area contributed by atoms with Crippen LogP contribution in [0.2, 0.25) is 13.1 Å². The van der Waals surface area contributed by atoms with Gasteiger partial charge in [-0.2, -0.15) is 0 Å². The SMILES string of the molecule is C[SiH](C)C=CN1CCCCCC1. The highest BCUT2D eigenvalue weighted by Crippen LogP contribution is 2.09. The standard InChI is InChI=1S/C10H21NSi/c1-12(2)10-9-11-7-5-3-4-6-8-11/h9-10,12H,3-8H2,1-2H3. The number of hydrogen-bond acceptors (Lipinski definition) is 1. The van der Waals surface area contributed by atoms with E-state index in [9.17, 15) is 0 Å². The Morgan fingerprint density at radius 3 is 2.08 bits per heavy atom. The highest BCUT2D eigenvalue weighted by atomic mass is 28.3. The molecular formula is C10H21NSi. The van der Waals surface area contributed by atoms with Crippen LogP contribution in [-0.4, -0.2) is 26.8 Å². The van der Waals surface area contributed by atoms with Crippen molar-refractivity contribution in [3.05, 3.63) is 11.9 Å². The normalized spacial score (nSPS) is 20.4. The van der Waals surface area contributed by atoms with E-state index in [1.54, 1.807) is 0 Å². The van der Waals surface area contributed by atoms with Crippen molar-refractivity contribution in [1.82, 2.24) is 4.90 Å². The van der Waals surface area contributed by atoms with Crippen LogP contribution in [0.25, 0.3) is 0 Å². The van der Waals surface area contributed by atoms with Crippen LogP contribution in [0, 0.1) is 0 Å². The molecule has 70 valence electrons. The molecule has 0 amide bonds. The first-order valence-electron chi connectivity index (χ1n) is 5.21. The number of hydrogen-bond donors (Lipinski definition) is 0. The molecule has 0 aromatic rings. The zero-order valence-electron chi connectivity index (χ0n) is 8.42. The highest BCUT2D eigenvalue weighted by molar-refractivity contribution is 6.61. The van der Waals surface area contributed by atoms with Crippen LogP contribution in [0.5, 0.6) is 0 Å². The van der Waals surface area contributed by atoms with Crippen molar-refractivity contribution in [3.63, 3.8) is 0 Å². The number of nitrogens with zero attached hydrogens (tertiary/aromatic N) is 1. The van der Waals surface area contributed by atoms with E-state index in [1.165, 1.54) is 38.8 Å². The van der Waals surface area contributed by atoms with Gasteiger partial charge < -0.3 is 4.90 Å². The van der Waals surface area contributed by atoms with Gasteiger partial charge in [-0.05, 0) is 19.0 Å². The summed E-state index contributed by atoms with van der Waals surface area (Å²) in [6.45, 7) is 7.32. The fourth-order valence-corrected chi connectivity index (χ4v) is 2.13. The lowest BCUT2D eigenvalue weighted by Gasteiger charge is -2.17. The van der Waals surface area contributed by atoms with Crippen molar-refractivity contribution in [2.75, 3.05) is 13.1 Å². The fraction of sp³-hybridized carbons (Fsp3) is 0.800. The first-order chi connectivity index (χ1) is 5.79. The third-order valence-electron chi connectivity index (χ3n) is 2.32. The molecule has 1 heterocycles. The summed E-state index contributed by atoms with van der Waals surface area (Å²) in [7, 11) is -0.478. The van der Waals surface area contributed by atoms with Crippen LogP contribution in [0.4, 0.5) is 0 Å². The molecule has 1 aliphatic rings. The second kappa shape index (κ2) is 5.41. The van der Waals surface area contributed by atoms with Gasteiger partial charge in [0.2, 0.25) is 0 Å². The second-order valence-electron chi connectivity index (χ2n) is 4.04. The molecule has 0 N–H and O–H groups in total. The molecule has 1 nitrogen and oxygen atoms in total. The van der Waals surface area contributed by atoms with Crippen molar-refractivity contribution in [3.8, 4) is 0 Å². The first-order valence-corrected chi connectivity index (χ1v) is 8.19. The Balaban J connectivity index is 2.29. The zero-order chi connectivity index (χ0) is 8.81. The Labute approximate surface area is 78.1 Å². The van der Waals surface area contributed by atoms with Gasteiger partial charge in [-0.25, -0.2) is 0 Å². The molecule has 0 unspecified atom stereocenters. The molecule has 0 radical (unpaired) electrons. The van der Waals surface area contributed by atoms with E-state index in [-0.39, 0.29) is 0 Å². The van der Waals surface area contributed by atoms with Crippen LogP contribution in [0.1, 0.15) is 25.7 Å². The molecule has 2 heteroatoms. The topological polar surface area (TPSA) is 3.24 Å². The van der Waals surface area contributed by atoms with E-state index in [2.05, 4.69) is 29.9 Å². The van der Waals surface area contributed by atoms with Gasteiger partial charge in [0.05, 0.1) is 8.80 Å². The maximum atomic E-state index is 2.50. The molecule has 0 atom stereocenters. The summed E-state index contributed by atoms with van der Waals surface area (Å²) in [5.41, 5.74) is 2.44. The molecule has 1 saturated heterocycles. The van der Waals surface area contributed by atoms with Gasteiger partial charge in [-0.15, -0.1) is 0 Å². The van der Waals surface area contributed by atoms with E-state index in [1.807, 2.05) is 0 Å². The maximum Gasteiger partial charge on any atom is 0.0572 e. The summed E-state index contributed by atoms with van der Waals surface area (Å²) in [6, 6.07) is 0. The zero-order valence-corrected chi connectivity index (χ0v) is 9.58. The van der Waals surface area contributed by atoms with Crippen molar-refractivity contribution in [2.45, 2.75) is 38.8 Å². The molecule has 0 spiro atoms. The Morgan fingerprint density at radius 1 is 1.00 bits per heavy atom. The average molecular weight is 183 g/mol. The molecule has 0 aromatic heterocycles. The predicted octanol–water partition coefficient (Wildman–Crippen LogP) is 2.40. The average Bonchev–Trinajstić information content (AvgIpc) is 2.28. The van der Waals surface area contributed by atoms with Crippen LogP contribution in [0.3, 0.4) is 0 Å². The molecule has 0 saturated carbocycles. The smallest absolute Gasteiger partial charge is 0.0572 e. The lowest BCUT2D eigenvalue weighted by atomic mass is 10.2. The summed E-state index contributed by atoms with van der Waals surface area (Å²) in [5, 5.41) is 0. The van der Waals surface area contributed by atoms with Gasteiger partial charge >= 0.3 is 0 Å². The minimum atomic E-state index is -0.478. The maximum absolute atomic E-state index is 2.50. The van der Waals surface area contributed by atoms with E-state index < -0.39 is 8.80 Å². The van der Waals surface area contributed by atoms with Gasteiger partial charge in [0.25, 0.3) is 0 Å². The third-order valence-corrected chi connectivity index (χ3v) is 3.26. The fourth-order valence-electron chi connectivity index (χ4n) is 1.54. The number of likely N-dealkylation sites (tertiary alicyclic amines) is 1. The Bertz CT molecular complexity index is 135. The largest absolute Gasteiger partial charge is 0.378 e. The van der Waals surface area contributed by atoms with Gasteiger partial charge in [0.15, 0.2) is 0 Å². The molecule has 1 rings (SSSR count). The molecule has 0 aliphatic carbocycles. The lowest BCUT2D eigenvalue weighted by Crippen LogP contribution is -2.18. The second-order valence-corrected chi connectivity index (χ2v) is 6.91. The quantitative estimate of drug-likeness (QED) is 0.594. The summed E-state index contributed by atoms with van der Waals surface area (Å²) >= 11 is 0. The summed E-state index contributed by atoms with van der Waals surface area (Å²) in [5.74, 6) is 0.